The lowest BCUT2D eigenvalue weighted by Gasteiger charge is -2.05. The van der Waals surface area contributed by atoms with Crippen molar-refractivity contribution in [2.24, 2.45) is 0 Å². The minimum atomic E-state index is -0.316. The Balaban J connectivity index is 1.97. The molecule has 0 aliphatic carbocycles. The predicted molar refractivity (Wildman–Crippen MR) is 81.5 cm³/mol. The summed E-state index contributed by atoms with van der Waals surface area (Å²) in [5.41, 5.74) is 2.17. The maximum absolute atomic E-state index is 13.7. The third-order valence-corrected chi connectivity index (χ3v) is 3.61. The molecular formula is C15H17FN2O2S. The topological polar surface area (TPSA) is 51.2 Å². The number of ether oxygens (including phenoxy) is 1. The molecule has 4 nitrogen and oxygen atoms in total. The molecule has 0 radical (unpaired) electrons. The van der Waals surface area contributed by atoms with Gasteiger partial charge < -0.3 is 10.1 Å². The van der Waals surface area contributed by atoms with Crippen LogP contribution in [0.3, 0.4) is 0 Å². The van der Waals surface area contributed by atoms with Gasteiger partial charge in [0.25, 0.3) is 0 Å². The average Bonchev–Trinajstić information content (AvgIpc) is 2.89. The number of nitrogens with one attached hydrogen (secondary N) is 1. The first-order valence-electron chi connectivity index (χ1n) is 6.71. The number of nitrogens with zero attached hydrogens (tertiary/aromatic N) is 1. The van der Waals surface area contributed by atoms with Crippen molar-refractivity contribution in [3.05, 3.63) is 40.7 Å². The van der Waals surface area contributed by atoms with E-state index in [0.717, 1.165) is 11.3 Å². The van der Waals surface area contributed by atoms with Gasteiger partial charge >= 0.3 is 5.97 Å². The average molecular weight is 308 g/mol. The lowest BCUT2D eigenvalue weighted by molar-refractivity contribution is -0.143. The minimum absolute atomic E-state index is 0.232. The molecule has 0 saturated carbocycles. The molecule has 21 heavy (non-hydrogen) atoms. The minimum Gasteiger partial charge on any atom is -0.466 e. The van der Waals surface area contributed by atoms with Gasteiger partial charge in [-0.2, -0.15) is 0 Å². The van der Waals surface area contributed by atoms with Gasteiger partial charge in [-0.1, -0.05) is 6.07 Å². The second-order valence-corrected chi connectivity index (χ2v) is 5.42. The number of thiazole rings is 1. The van der Waals surface area contributed by atoms with Crippen LogP contribution in [-0.2, 0) is 16.0 Å². The molecule has 1 heterocycles. The maximum atomic E-state index is 13.7. The molecule has 112 valence electrons. The molecule has 1 aromatic heterocycles. The number of hydrogen-bond donors (Lipinski definition) is 1. The fraction of sp³-hybridized carbons (Fsp3) is 0.333. The number of aromatic nitrogens is 1. The highest BCUT2D eigenvalue weighted by Crippen LogP contribution is 2.24. The SMILES string of the molecule is CCOC(=O)CCc1csc(Nc2cc(C)ccc2F)n1. The van der Waals surface area contributed by atoms with Crippen LogP contribution in [0, 0.1) is 12.7 Å². The van der Waals surface area contributed by atoms with E-state index in [0.29, 0.717) is 30.3 Å². The van der Waals surface area contributed by atoms with Crippen molar-refractivity contribution in [1.82, 2.24) is 4.98 Å². The van der Waals surface area contributed by atoms with E-state index in [1.165, 1.54) is 17.4 Å². The smallest absolute Gasteiger partial charge is 0.306 e. The first kappa shape index (κ1) is 15.4. The van der Waals surface area contributed by atoms with E-state index < -0.39 is 0 Å². The molecule has 0 amide bonds. The van der Waals surface area contributed by atoms with Gasteiger partial charge in [0.15, 0.2) is 5.13 Å². The number of halogens is 1. The Morgan fingerprint density at radius 1 is 1.48 bits per heavy atom. The van der Waals surface area contributed by atoms with Gasteiger partial charge in [0.2, 0.25) is 0 Å². The van der Waals surface area contributed by atoms with Gasteiger partial charge in [0.05, 0.1) is 24.4 Å². The highest BCUT2D eigenvalue weighted by Gasteiger charge is 2.08. The van der Waals surface area contributed by atoms with Crippen LogP contribution >= 0.6 is 11.3 Å². The summed E-state index contributed by atoms with van der Waals surface area (Å²) in [4.78, 5) is 15.6. The molecule has 2 aromatic rings. The van der Waals surface area contributed by atoms with Crippen molar-refractivity contribution in [3.63, 3.8) is 0 Å². The molecule has 0 aliphatic heterocycles. The molecule has 0 unspecified atom stereocenters. The van der Waals surface area contributed by atoms with Crippen LogP contribution in [0.4, 0.5) is 15.2 Å². The van der Waals surface area contributed by atoms with Gasteiger partial charge in [-0.25, -0.2) is 9.37 Å². The molecular weight excluding hydrogens is 291 g/mol. The van der Waals surface area contributed by atoms with E-state index >= 15 is 0 Å². The Kier molecular flexibility index (Phi) is 5.27. The monoisotopic (exact) mass is 308 g/mol. The van der Waals surface area contributed by atoms with Crippen LogP contribution in [0.2, 0.25) is 0 Å². The van der Waals surface area contributed by atoms with Crippen molar-refractivity contribution in [2.75, 3.05) is 11.9 Å². The van der Waals surface area contributed by atoms with E-state index in [2.05, 4.69) is 10.3 Å². The summed E-state index contributed by atoms with van der Waals surface area (Å²) in [5, 5.41) is 5.43. The van der Waals surface area contributed by atoms with Crippen molar-refractivity contribution in [3.8, 4) is 0 Å². The van der Waals surface area contributed by atoms with Crippen LogP contribution < -0.4 is 5.32 Å². The van der Waals surface area contributed by atoms with Crippen molar-refractivity contribution in [2.45, 2.75) is 26.7 Å². The predicted octanol–water partition coefficient (Wildman–Crippen LogP) is 3.83. The molecule has 1 aromatic carbocycles. The zero-order valence-corrected chi connectivity index (χ0v) is 12.8. The Morgan fingerprint density at radius 2 is 2.29 bits per heavy atom. The van der Waals surface area contributed by atoms with Gasteiger partial charge in [-0.15, -0.1) is 11.3 Å². The number of carbonyl (C=O) groups excluding carboxylic acids is 1. The fourth-order valence-electron chi connectivity index (χ4n) is 1.79. The lowest BCUT2D eigenvalue weighted by atomic mass is 10.2. The number of aryl methyl sites for hydroxylation is 2. The summed E-state index contributed by atoms with van der Waals surface area (Å²) >= 11 is 1.38. The van der Waals surface area contributed by atoms with Crippen molar-refractivity contribution in [1.29, 1.82) is 0 Å². The summed E-state index contributed by atoms with van der Waals surface area (Å²) in [6.45, 7) is 4.06. The number of hydrogen-bond acceptors (Lipinski definition) is 5. The quantitative estimate of drug-likeness (QED) is 0.824. The van der Waals surface area contributed by atoms with Crippen molar-refractivity contribution < 1.29 is 13.9 Å². The zero-order valence-electron chi connectivity index (χ0n) is 12.0. The van der Waals surface area contributed by atoms with Crippen LogP contribution in [0.25, 0.3) is 0 Å². The van der Waals surface area contributed by atoms with Gasteiger partial charge in [-0.3, -0.25) is 4.79 Å². The number of benzene rings is 1. The number of carbonyl (C=O) groups is 1. The van der Waals surface area contributed by atoms with E-state index in [4.69, 9.17) is 4.74 Å². The molecule has 0 aliphatic rings. The first-order chi connectivity index (χ1) is 10.1. The summed E-state index contributed by atoms with van der Waals surface area (Å²) in [6.07, 6.45) is 0.823. The molecule has 0 fully saturated rings. The Labute approximate surface area is 127 Å². The number of anilines is 2. The summed E-state index contributed by atoms with van der Waals surface area (Å²) < 4.78 is 18.5. The van der Waals surface area contributed by atoms with Crippen molar-refractivity contribution >= 4 is 28.1 Å². The van der Waals surface area contributed by atoms with E-state index in [9.17, 15) is 9.18 Å². The first-order valence-corrected chi connectivity index (χ1v) is 7.59. The van der Waals surface area contributed by atoms with E-state index in [-0.39, 0.29) is 11.8 Å². The van der Waals surface area contributed by atoms with Crippen LogP contribution in [0.15, 0.2) is 23.6 Å². The second-order valence-electron chi connectivity index (χ2n) is 4.56. The molecule has 2 rings (SSSR count). The van der Waals surface area contributed by atoms with Crippen LogP contribution in [0.1, 0.15) is 24.6 Å². The zero-order chi connectivity index (χ0) is 15.2. The highest BCUT2D eigenvalue weighted by molar-refractivity contribution is 7.13. The Bertz CT molecular complexity index is 628. The van der Waals surface area contributed by atoms with Gasteiger partial charge in [-0.05, 0) is 31.5 Å². The highest BCUT2D eigenvalue weighted by atomic mass is 32.1. The standard InChI is InChI=1S/C15H17FN2O2S/c1-3-20-14(19)7-5-11-9-21-15(17-11)18-13-8-10(2)4-6-12(13)16/h4,6,8-9H,3,5,7H2,1-2H3,(H,17,18). The third kappa shape index (κ3) is 4.53. The fourth-order valence-corrected chi connectivity index (χ4v) is 2.55. The van der Waals surface area contributed by atoms with E-state index in [1.54, 1.807) is 19.1 Å². The lowest BCUT2D eigenvalue weighted by Crippen LogP contribution is -2.05. The van der Waals surface area contributed by atoms with Gasteiger partial charge in [0, 0.05) is 11.8 Å². The Morgan fingerprint density at radius 3 is 3.05 bits per heavy atom. The molecule has 0 bridgehead atoms. The molecule has 0 atom stereocenters. The molecule has 1 N–H and O–H groups in total. The molecule has 0 saturated heterocycles. The van der Waals surface area contributed by atoms with E-state index in [1.807, 2.05) is 12.3 Å². The second kappa shape index (κ2) is 7.17. The Hall–Kier alpha value is -1.95. The normalized spacial score (nSPS) is 10.4. The van der Waals surface area contributed by atoms with Crippen LogP contribution in [0.5, 0.6) is 0 Å². The number of esters is 1. The maximum Gasteiger partial charge on any atom is 0.306 e. The summed E-state index contributed by atoms with van der Waals surface area (Å²) in [7, 11) is 0. The number of rotatable bonds is 6. The molecule has 6 heteroatoms. The van der Waals surface area contributed by atoms with Crippen LogP contribution in [-0.4, -0.2) is 17.6 Å². The summed E-state index contributed by atoms with van der Waals surface area (Å²) in [6, 6.07) is 4.87. The third-order valence-electron chi connectivity index (χ3n) is 2.81. The largest absolute Gasteiger partial charge is 0.466 e. The van der Waals surface area contributed by atoms with Gasteiger partial charge in [0.1, 0.15) is 5.82 Å². The molecule has 0 spiro atoms. The summed E-state index contributed by atoms with van der Waals surface area (Å²) in [5.74, 6) is -0.548.